The first kappa shape index (κ1) is 32.9. The van der Waals surface area contributed by atoms with Crippen LogP contribution in [0.2, 0.25) is 0 Å². The molecule has 5 heteroatoms. The summed E-state index contributed by atoms with van der Waals surface area (Å²) in [6, 6.07) is 0. The second kappa shape index (κ2) is 26.5. The van der Waals surface area contributed by atoms with Crippen LogP contribution in [0.15, 0.2) is 0 Å². The molecule has 0 bridgehead atoms. The molecule has 0 heterocycles. The highest BCUT2D eigenvalue weighted by Crippen LogP contribution is 2.15. The topological polar surface area (TPSA) is 52.6 Å². The van der Waals surface area contributed by atoms with E-state index < -0.39 is 10.4 Å². The molecule has 33 heavy (non-hydrogen) atoms. The van der Waals surface area contributed by atoms with E-state index in [2.05, 4.69) is 15.3 Å². The van der Waals surface area contributed by atoms with Gasteiger partial charge in [0.15, 0.2) is 0 Å². The van der Waals surface area contributed by atoms with E-state index in [0.717, 1.165) is 26.4 Å². The van der Waals surface area contributed by atoms with Crippen LogP contribution in [0.1, 0.15) is 167 Å². The maximum absolute atomic E-state index is 11.0. The van der Waals surface area contributed by atoms with Gasteiger partial charge in [0.05, 0.1) is 13.7 Å². The fourth-order valence-electron chi connectivity index (χ4n) is 4.45. The van der Waals surface area contributed by atoms with Crippen LogP contribution >= 0.6 is 0 Å². The summed E-state index contributed by atoms with van der Waals surface area (Å²) in [7, 11) is -2.63. The zero-order valence-electron chi connectivity index (χ0n) is 22.4. The lowest BCUT2D eigenvalue weighted by molar-refractivity contribution is 0.238. The maximum atomic E-state index is 11.0. The Kier molecular flexibility index (Phi) is 26.4. The Hall–Kier alpha value is -0.130. The molecule has 0 spiro atoms. The van der Waals surface area contributed by atoms with Crippen molar-refractivity contribution in [2.75, 3.05) is 13.7 Å². The zero-order valence-corrected chi connectivity index (χ0v) is 23.2. The molecule has 0 unspecified atom stereocenters. The molecule has 0 radical (unpaired) electrons. The molecule has 0 N–H and O–H groups in total. The van der Waals surface area contributed by atoms with Crippen molar-refractivity contribution in [1.82, 2.24) is 0 Å². The van der Waals surface area contributed by atoms with Gasteiger partial charge in [-0.25, -0.2) is 4.18 Å². The number of hydrogen-bond acceptors (Lipinski definition) is 4. The van der Waals surface area contributed by atoms with Gasteiger partial charge in [-0.3, -0.25) is 4.18 Å². The van der Waals surface area contributed by atoms with Crippen molar-refractivity contribution in [3.63, 3.8) is 0 Å². The van der Waals surface area contributed by atoms with Crippen molar-refractivity contribution >= 4 is 10.4 Å². The standard InChI is InChI=1S/C28H58O4S/c1-3-4-5-6-7-8-9-10-11-12-13-14-15-16-17-18-19-20-21-22-23-24-25-26-27-28-32-33(29,30)31-2/h3-28H2,1-2H3. The normalized spacial score (nSPS) is 11.9. The molecule has 0 aromatic carbocycles. The van der Waals surface area contributed by atoms with Gasteiger partial charge < -0.3 is 0 Å². The van der Waals surface area contributed by atoms with Crippen LogP contribution in [0.4, 0.5) is 0 Å². The molecule has 4 nitrogen and oxygen atoms in total. The minimum absolute atomic E-state index is 0.232. The Bertz CT molecular complexity index is 465. The third-order valence-electron chi connectivity index (χ3n) is 6.68. The molecule has 0 aliphatic carbocycles. The summed E-state index contributed by atoms with van der Waals surface area (Å²) in [6.45, 7) is 2.52. The monoisotopic (exact) mass is 490 g/mol. The van der Waals surface area contributed by atoms with Crippen LogP contribution in [-0.2, 0) is 18.8 Å². The third kappa shape index (κ3) is 28.0. The fraction of sp³-hybridized carbons (Fsp3) is 1.00. The highest BCUT2D eigenvalue weighted by Gasteiger charge is 2.07. The molecule has 0 aromatic rings. The van der Waals surface area contributed by atoms with E-state index in [9.17, 15) is 8.42 Å². The Balaban J connectivity index is 3.06. The second-order valence-electron chi connectivity index (χ2n) is 9.88. The van der Waals surface area contributed by atoms with E-state index >= 15 is 0 Å². The summed E-state index contributed by atoms with van der Waals surface area (Å²) in [4.78, 5) is 0. The van der Waals surface area contributed by atoms with Crippen molar-refractivity contribution < 1.29 is 16.8 Å². The smallest absolute Gasteiger partial charge is 0.252 e. The molecule has 200 valence electrons. The van der Waals surface area contributed by atoms with E-state index in [1.165, 1.54) is 141 Å². The molecule has 0 aromatic heterocycles. The molecule has 0 atom stereocenters. The predicted molar refractivity (Wildman–Crippen MR) is 143 cm³/mol. The molecule has 0 saturated carbocycles. The zero-order chi connectivity index (χ0) is 24.3. The molecule has 0 rings (SSSR count). The van der Waals surface area contributed by atoms with Crippen molar-refractivity contribution in [3.8, 4) is 0 Å². The largest absolute Gasteiger partial charge is 0.399 e. The molecule has 0 fully saturated rings. The molecule has 0 amide bonds. The molecular formula is C28H58O4S. The van der Waals surface area contributed by atoms with E-state index in [1.807, 2.05) is 0 Å². The van der Waals surface area contributed by atoms with Crippen molar-refractivity contribution in [1.29, 1.82) is 0 Å². The van der Waals surface area contributed by atoms with Gasteiger partial charge in [-0.1, -0.05) is 161 Å². The van der Waals surface area contributed by atoms with E-state index in [1.54, 1.807) is 0 Å². The van der Waals surface area contributed by atoms with Crippen LogP contribution in [0.25, 0.3) is 0 Å². The first-order chi connectivity index (χ1) is 16.1. The summed E-state index contributed by atoms with van der Waals surface area (Å²) in [6.07, 6.45) is 34.1. The fourth-order valence-corrected chi connectivity index (χ4v) is 4.87. The first-order valence-electron chi connectivity index (χ1n) is 14.6. The average molecular weight is 491 g/mol. The number of unbranched alkanes of at least 4 members (excludes halogenated alkanes) is 24. The van der Waals surface area contributed by atoms with Crippen LogP contribution < -0.4 is 0 Å². The van der Waals surface area contributed by atoms with Gasteiger partial charge >= 0.3 is 10.4 Å². The summed E-state index contributed by atoms with van der Waals surface area (Å²) in [5, 5.41) is 0. The minimum atomic E-state index is -3.75. The Labute approximate surface area is 208 Å². The highest BCUT2D eigenvalue weighted by molar-refractivity contribution is 7.81. The molecule has 0 saturated heterocycles. The maximum Gasteiger partial charge on any atom is 0.399 e. The highest BCUT2D eigenvalue weighted by atomic mass is 32.3. The SMILES string of the molecule is CCCCCCCCCCCCCCCCCCCCCCCCCCCOS(=O)(=O)OC. The van der Waals surface area contributed by atoms with Gasteiger partial charge in [0.1, 0.15) is 0 Å². The van der Waals surface area contributed by atoms with Gasteiger partial charge in [-0.05, 0) is 6.42 Å². The predicted octanol–water partition coefficient (Wildman–Crippen LogP) is 9.67. The van der Waals surface area contributed by atoms with Crippen LogP contribution in [0, 0.1) is 0 Å². The average Bonchev–Trinajstić information content (AvgIpc) is 2.81. The van der Waals surface area contributed by atoms with Crippen LogP contribution in [0.3, 0.4) is 0 Å². The van der Waals surface area contributed by atoms with Crippen molar-refractivity contribution in [3.05, 3.63) is 0 Å². The van der Waals surface area contributed by atoms with E-state index in [4.69, 9.17) is 0 Å². The lowest BCUT2D eigenvalue weighted by Gasteiger charge is -2.05. The van der Waals surface area contributed by atoms with Gasteiger partial charge in [0.25, 0.3) is 0 Å². The van der Waals surface area contributed by atoms with Gasteiger partial charge in [0, 0.05) is 0 Å². The van der Waals surface area contributed by atoms with Crippen LogP contribution in [0.5, 0.6) is 0 Å². The molecular weight excluding hydrogens is 432 g/mol. The molecule has 0 aliphatic rings. The molecule has 0 aliphatic heterocycles. The Morgan fingerprint density at radius 3 is 0.909 bits per heavy atom. The van der Waals surface area contributed by atoms with Gasteiger partial charge in [-0.15, -0.1) is 0 Å². The second-order valence-corrected chi connectivity index (χ2v) is 11.3. The first-order valence-corrected chi connectivity index (χ1v) is 15.9. The lowest BCUT2D eigenvalue weighted by Crippen LogP contribution is -2.08. The van der Waals surface area contributed by atoms with E-state index in [0.29, 0.717) is 0 Å². The number of hydrogen-bond donors (Lipinski definition) is 0. The van der Waals surface area contributed by atoms with E-state index in [-0.39, 0.29) is 6.61 Å². The number of rotatable bonds is 28. The summed E-state index contributed by atoms with van der Waals surface area (Å²) in [5.74, 6) is 0. The van der Waals surface area contributed by atoms with Gasteiger partial charge in [0.2, 0.25) is 0 Å². The van der Waals surface area contributed by atoms with Crippen molar-refractivity contribution in [2.45, 2.75) is 167 Å². The summed E-state index contributed by atoms with van der Waals surface area (Å²) < 4.78 is 30.9. The Morgan fingerprint density at radius 1 is 0.424 bits per heavy atom. The minimum Gasteiger partial charge on any atom is -0.252 e. The quantitative estimate of drug-likeness (QED) is 0.102. The summed E-state index contributed by atoms with van der Waals surface area (Å²) >= 11 is 0. The summed E-state index contributed by atoms with van der Waals surface area (Å²) in [5.41, 5.74) is 0. The third-order valence-corrected chi connectivity index (χ3v) is 7.54. The van der Waals surface area contributed by atoms with Gasteiger partial charge in [-0.2, -0.15) is 8.42 Å². The Morgan fingerprint density at radius 2 is 0.667 bits per heavy atom. The lowest BCUT2D eigenvalue weighted by atomic mass is 10.0. The van der Waals surface area contributed by atoms with Crippen molar-refractivity contribution in [2.24, 2.45) is 0 Å². The van der Waals surface area contributed by atoms with Crippen LogP contribution in [-0.4, -0.2) is 22.1 Å².